The molecule has 0 N–H and O–H groups in total. The molecule has 0 bridgehead atoms. The average Bonchev–Trinajstić information content (AvgIpc) is 2.26. The molecule has 3 rings (SSSR count). The van der Waals surface area contributed by atoms with Crippen LogP contribution in [-0.2, 0) is 0 Å². The van der Waals surface area contributed by atoms with E-state index in [4.69, 9.17) is 0 Å². The van der Waals surface area contributed by atoms with Crippen LogP contribution in [0.15, 0.2) is 41.4 Å². The van der Waals surface area contributed by atoms with Gasteiger partial charge in [-0.2, -0.15) is 0 Å². The van der Waals surface area contributed by atoms with Crippen LogP contribution >= 0.6 is 0 Å². The first kappa shape index (κ1) is 8.14. The van der Waals surface area contributed by atoms with Gasteiger partial charge >= 0.3 is 88.2 Å². The maximum atomic E-state index is 4.58. The van der Waals surface area contributed by atoms with Crippen molar-refractivity contribution in [1.82, 2.24) is 0 Å². The normalized spacial score (nSPS) is 13.1. The van der Waals surface area contributed by atoms with Gasteiger partial charge in [0.25, 0.3) is 0 Å². The Kier molecular flexibility index (Phi) is 1.85. The maximum absolute atomic E-state index is 4.58. The molecule has 0 unspecified atom stereocenters. The van der Waals surface area contributed by atoms with Crippen molar-refractivity contribution >= 4 is 25.3 Å². The second kappa shape index (κ2) is 3.18. The molecule has 1 aliphatic rings. The predicted octanol–water partition coefficient (Wildman–Crippen LogP) is 0.832. The van der Waals surface area contributed by atoms with E-state index in [1.807, 2.05) is 18.2 Å². The van der Waals surface area contributed by atoms with Gasteiger partial charge in [0.2, 0.25) is 0 Å². The Bertz CT molecular complexity index is 548. The van der Waals surface area contributed by atoms with E-state index in [0.29, 0.717) is 0 Å². The fraction of sp³-hybridized carbons (Fsp3) is 0. The van der Waals surface area contributed by atoms with Crippen molar-refractivity contribution in [2.45, 2.75) is 0 Å². The molecule has 0 spiro atoms. The van der Waals surface area contributed by atoms with Crippen LogP contribution in [0.2, 0.25) is 0 Å². The zero-order valence-electron chi connectivity index (χ0n) is 7.36. The Morgan fingerprint density at radius 1 is 1.14 bits per heavy atom. The fourth-order valence-corrected chi connectivity index (χ4v) is 3.55. The second-order valence-corrected chi connectivity index (χ2v) is 5.47. The van der Waals surface area contributed by atoms with Gasteiger partial charge in [-0.1, -0.05) is 0 Å². The van der Waals surface area contributed by atoms with Crippen molar-refractivity contribution in [3.8, 4) is 0 Å². The summed E-state index contributed by atoms with van der Waals surface area (Å²) in [5, 5.41) is 1.12. The number of nitrogens with zero attached hydrogens (tertiary/aromatic N) is 1. The number of rotatable bonds is 0. The van der Waals surface area contributed by atoms with E-state index in [1.54, 1.807) is 0 Å². The summed E-state index contributed by atoms with van der Waals surface area (Å²) in [5.41, 5.74) is 1.07. The number of fused-ring (bicyclic) bond motifs is 2. The number of hydrogen-bond donors (Lipinski definition) is 0. The minimum absolute atomic E-state index is 0.0466. The third-order valence-electron chi connectivity index (χ3n) is 2.11. The zero-order chi connectivity index (χ0) is 9.38. The molecular formula is C12H6AsN. The van der Waals surface area contributed by atoms with Gasteiger partial charge in [-0.3, -0.25) is 0 Å². The molecule has 0 aliphatic carbocycles. The molecule has 0 atom stereocenters. The fourth-order valence-electron chi connectivity index (χ4n) is 1.45. The Labute approximate surface area is 88.3 Å². The van der Waals surface area contributed by atoms with E-state index in [2.05, 4.69) is 35.3 Å². The predicted molar refractivity (Wildman–Crippen MR) is 55.6 cm³/mol. The first-order chi connectivity index (χ1) is 6.93. The summed E-state index contributed by atoms with van der Waals surface area (Å²) in [7, 11) is 0. The van der Waals surface area contributed by atoms with E-state index in [1.165, 1.54) is 8.30 Å². The molecule has 1 heterocycles. The van der Waals surface area contributed by atoms with Crippen LogP contribution in [0.3, 0.4) is 0 Å². The average molecular weight is 239 g/mol. The quantitative estimate of drug-likeness (QED) is 0.515. The van der Waals surface area contributed by atoms with Crippen molar-refractivity contribution in [2.75, 3.05) is 0 Å². The second-order valence-electron chi connectivity index (χ2n) is 3.05. The van der Waals surface area contributed by atoms with Crippen LogP contribution in [0, 0.1) is 16.1 Å². The van der Waals surface area contributed by atoms with Crippen molar-refractivity contribution < 1.29 is 0 Å². The van der Waals surface area contributed by atoms with E-state index >= 15 is 0 Å². The van der Waals surface area contributed by atoms with Gasteiger partial charge in [0.15, 0.2) is 0 Å². The molecule has 0 amide bonds. The molecule has 2 radical (unpaired) electrons. The number of para-hydroxylation sites is 1. The number of hydrogen-bond acceptors (Lipinski definition) is 1. The zero-order valence-corrected chi connectivity index (χ0v) is 9.24. The molecule has 2 aromatic carbocycles. The summed E-state index contributed by atoms with van der Waals surface area (Å²) in [5.74, 6) is 0. The van der Waals surface area contributed by atoms with Crippen LogP contribution in [0.4, 0.5) is 5.69 Å². The summed E-state index contributed by atoms with van der Waals surface area (Å²) < 4.78 is 2.61. The van der Waals surface area contributed by atoms with E-state index < -0.39 is 0 Å². The molecule has 2 heteroatoms. The molecule has 0 aromatic heterocycles. The Morgan fingerprint density at radius 3 is 3.07 bits per heavy atom. The SMILES string of the molecule is [c]1[c]c2c(cc1)N=c1ccccc1=[As]2. The van der Waals surface area contributed by atoms with E-state index in [0.717, 1.165) is 11.0 Å². The summed E-state index contributed by atoms with van der Waals surface area (Å²) in [6.45, 7) is 0. The molecule has 14 heavy (non-hydrogen) atoms. The summed E-state index contributed by atoms with van der Waals surface area (Å²) in [4.78, 5) is 4.58. The van der Waals surface area contributed by atoms with E-state index in [9.17, 15) is 0 Å². The van der Waals surface area contributed by atoms with Gasteiger partial charge in [-0.05, 0) is 0 Å². The van der Waals surface area contributed by atoms with Crippen LogP contribution in [-0.4, -0.2) is 15.3 Å². The molecule has 2 aromatic rings. The molecule has 64 valence electrons. The number of benzene rings is 2. The van der Waals surface area contributed by atoms with Crippen molar-refractivity contribution in [3.63, 3.8) is 0 Å². The van der Waals surface area contributed by atoms with Crippen LogP contribution in [0.1, 0.15) is 0 Å². The monoisotopic (exact) mass is 239 g/mol. The Balaban J connectivity index is 2.42. The molecule has 0 saturated heterocycles. The summed E-state index contributed by atoms with van der Waals surface area (Å²) >= 11 is 0.0466. The molecule has 0 fully saturated rings. The molecule has 1 aliphatic heterocycles. The van der Waals surface area contributed by atoms with Crippen LogP contribution in [0.5, 0.6) is 0 Å². The molecular weight excluding hydrogens is 233 g/mol. The Morgan fingerprint density at radius 2 is 2.07 bits per heavy atom. The van der Waals surface area contributed by atoms with Crippen molar-refractivity contribution in [1.29, 1.82) is 0 Å². The topological polar surface area (TPSA) is 12.4 Å². The summed E-state index contributed by atoms with van der Waals surface area (Å²) in [6.07, 6.45) is 0. The molecule has 1 nitrogen and oxygen atoms in total. The summed E-state index contributed by atoms with van der Waals surface area (Å²) in [6, 6.07) is 18.4. The van der Waals surface area contributed by atoms with Crippen molar-refractivity contribution in [2.24, 2.45) is 4.99 Å². The van der Waals surface area contributed by atoms with Crippen molar-refractivity contribution in [3.05, 3.63) is 57.8 Å². The first-order valence-electron chi connectivity index (χ1n) is 4.38. The molecule has 0 saturated carbocycles. The third-order valence-corrected chi connectivity index (χ3v) is 4.60. The van der Waals surface area contributed by atoms with Gasteiger partial charge in [0.05, 0.1) is 0 Å². The minimum atomic E-state index is 0.0466. The van der Waals surface area contributed by atoms with E-state index in [-0.39, 0.29) is 15.3 Å². The standard InChI is InChI=1S/C12H6AsN/c1-3-7-11-9(5-1)13-10-6-2-4-8-12(10)14-11/h1,3-5,7-8H. The van der Waals surface area contributed by atoms with Gasteiger partial charge in [0, 0.05) is 0 Å². The van der Waals surface area contributed by atoms with Gasteiger partial charge in [0.1, 0.15) is 0 Å². The Hall–Kier alpha value is -1.20. The van der Waals surface area contributed by atoms with Gasteiger partial charge in [-0.25, -0.2) is 0 Å². The third kappa shape index (κ3) is 1.25. The first-order valence-corrected chi connectivity index (χ1v) is 6.26. The van der Waals surface area contributed by atoms with Crippen LogP contribution in [0.25, 0.3) is 0 Å². The van der Waals surface area contributed by atoms with Crippen LogP contribution < -0.4 is 9.71 Å². The van der Waals surface area contributed by atoms with Gasteiger partial charge < -0.3 is 0 Å². The van der Waals surface area contributed by atoms with Gasteiger partial charge in [-0.15, -0.1) is 0 Å².